The molecule has 2 aromatic carbocycles. The molecule has 0 spiro atoms. The van der Waals surface area contributed by atoms with Gasteiger partial charge in [-0.05, 0) is 59.0 Å². The Bertz CT molecular complexity index is 575. The Morgan fingerprint density at radius 1 is 1.12 bits per heavy atom. The molecule has 4 heteroatoms. The minimum atomic E-state index is -0.574. The van der Waals surface area contributed by atoms with Crippen LogP contribution < -0.4 is 4.74 Å². The van der Waals surface area contributed by atoms with Crippen molar-refractivity contribution in [2.45, 2.75) is 0 Å². The molecule has 0 aromatic heterocycles. The quantitative estimate of drug-likeness (QED) is 0.772. The smallest absolute Gasteiger partial charge is 0.148 e. The van der Waals surface area contributed by atoms with Crippen LogP contribution in [-0.2, 0) is 0 Å². The number of hydrogen-bond donors (Lipinski definition) is 0. The molecule has 0 aliphatic heterocycles. The molecule has 0 unspecified atom stereocenters. The first-order valence-corrected chi connectivity index (χ1v) is 5.90. The van der Waals surface area contributed by atoms with Gasteiger partial charge in [-0.15, -0.1) is 0 Å². The average Bonchev–Trinajstić information content (AvgIpc) is 2.32. The molecule has 84 valence electrons. The van der Waals surface area contributed by atoms with Crippen molar-refractivity contribution in [2.24, 2.45) is 0 Å². The molecule has 0 saturated carbocycles. The molecule has 0 amide bonds. The van der Waals surface area contributed by atoms with E-state index in [9.17, 15) is 4.39 Å². The highest BCUT2D eigenvalue weighted by atomic mass is 127. The van der Waals surface area contributed by atoms with Gasteiger partial charge < -0.3 is 4.74 Å². The lowest BCUT2D eigenvalue weighted by Gasteiger charge is -2.07. The highest BCUT2D eigenvalue weighted by molar-refractivity contribution is 14.1. The van der Waals surface area contributed by atoms with E-state index in [0.717, 1.165) is 3.57 Å². The van der Waals surface area contributed by atoms with Gasteiger partial charge in [-0.25, -0.2) is 4.39 Å². The lowest BCUT2D eigenvalue weighted by molar-refractivity contribution is 0.474. The fraction of sp³-hybridized carbons (Fsp3) is 0. The van der Waals surface area contributed by atoms with Crippen LogP contribution in [0.5, 0.6) is 11.5 Å². The summed E-state index contributed by atoms with van der Waals surface area (Å²) in [6, 6.07) is 13.4. The summed E-state index contributed by atoms with van der Waals surface area (Å²) in [5.74, 6) is 0.233. The summed E-state index contributed by atoms with van der Waals surface area (Å²) in [6.07, 6.45) is 0. The summed E-state index contributed by atoms with van der Waals surface area (Å²) in [4.78, 5) is 0. The largest absolute Gasteiger partial charge is 0.456 e. The summed E-state index contributed by atoms with van der Waals surface area (Å²) in [5, 5.41) is 8.85. The molecule has 0 aliphatic carbocycles. The van der Waals surface area contributed by atoms with Gasteiger partial charge in [0.05, 0.1) is 0 Å². The predicted octanol–water partition coefficient (Wildman–Crippen LogP) is 4.09. The van der Waals surface area contributed by atoms with E-state index in [1.165, 1.54) is 12.1 Å². The Kier molecular flexibility index (Phi) is 3.59. The molecule has 0 saturated heterocycles. The number of halogens is 2. The van der Waals surface area contributed by atoms with Gasteiger partial charge in [-0.2, -0.15) is 5.26 Å². The Morgan fingerprint density at radius 3 is 2.47 bits per heavy atom. The maximum atomic E-state index is 13.3. The molecule has 0 fully saturated rings. The molecule has 0 radical (unpaired) electrons. The number of nitrogens with zero attached hydrogens (tertiary/aromatic N) is 1. The van der Waals surface area contributed by atoms with E-state index in [4.69, 9.17) is 10.00 Å². The topological polar surface area (TPSA) is 33.0 Å². The summed E-state index contributed by atoms with van der Waals surface area (Å²) < 4.78 is 19.9. The van der Waals surface area contributed by atoms with E-state index in [-0.39, 0.29) is 11.3 Å². The van der Waals surface area contributed by atoms with Crippen molar-refractivity contribution in [1.82, 2.24) is 0 Å². The zero-order valence-corrected chi connectivity index (χ0v) is 10.8. The van der Waals surface area contributed by atoms with Crippen LogP contribution in [-0.4, -0.2) is 0 Å². The standard InChI is InChI=1S/C13H7FINO/c14-12-2-1-3-13(11(12)8-16)17-10-6-4-9(15)5-7-10/h1-7H. The second kappa shape index (κ2) is 5.15. The third-order valence-electron chi connectivity index (χ3n) is 2.13. The number of ether oxygens (including phenoxy) is 1. The van der Waals surface area contributed by atoms with Crippen LogP contribution in [0.3, 0.4) is 0 Å². The van der Waals surface area contributed by atoms with E-state index >= 15 is 0 Å². The molecule has 0 atom stereocenters. The van der Waals surface area contributed by atoms with Gasteiger partial charge in [0, 0.05) is 3.57 Å². The highest BCUT2D eigenvalue weighted by Gasteiger charge is 2.09. The van der Waals surface area contributed by atoms with E-state index in [1.54, 1.807) is 24.3 Å². The van der Waals surface area contributed by atoms with Crippen molar-refractivity contribution in [3.8, 4) is 17.6 Å². The Balaban J connectivity index is 2.34. The fourth-order valence-corrected chi connectivity index (χ4v) is 1.69. The third-order valence-corrected chi connectivity index (χ3v) is 2.85. The van der Waals surface area contributed by atoms with Gasteiger partial charge in [-0.1, -0.05) is 6.07 Å². The number of rotatable bonds is 2. The normalized spacial score (nSPS) is 9.71. The fourth-order valence-electron chi connectivity index (χ4n) is 1.33. The summed E-state index contributed by atoms with van der Waals surface area (Å²) in [6.45, 7) is 0. The van der Waals surface area contributed by atoms with Crippen LogP contribution >= 0.6 is 22.6 Å². The van der Waals surface area contributed by atoms with Crippen LogP contribution in [0.25, 0.3) is 0 Å². The second-order valence-electron chi connectivity index (χ2n) is 3.28. The summed E-state index contributed by atoms with van der Waals surface area (Å²) >= 11 is 2.18. The average molecular weight is 339 g/mol. The maximum absolute atomic E-state index is 13.3. The molecular weight excluding hydrogens is 332 g/mol. The molecule has 0 bridgehead atoms. The second-order valence-corrected chi connectivity index (χ2v) is 4.53. The monoisotopic (exact) mass is 339 g/mol. The van der Waals surface area contributed by atoms with Crippen LogP contribution in [0.15, 0.2) is 42.5 Å². The molecule has 0 N–H and O–H groups in total. The Hall–Kier alpha value is -1.61. The van der Waals surface area contributed by atoms with Gasteiger partial charge in [0.15, 0.2) is 0 Å². The first-order valence-electron chi connectivity index (χ1n) is 4.83. The molecular formula is C13H7FINO. The molecule has 2 nitrogen and oxygen atoms in total. The van der Waals surface area contributed by atoms with Crippen molar-refractivity contribution in [2.75, 3.05) is 0 Å². The van der Waals surface area contributed by atoms with Crippen molar-refractivity contribution in [3.63, 3.8) is 0 Å². The maximum Gasteiger partial charge on any atom is 0.148 e. The van der Waals surface area contributed by atoms with Gasteiger partial charge in [-0.3, -0.25) is 0 Å². The molecule has 0 heterocycles. The van der Waals surface area contributed by atoms with Crippen molar-refractivity contribution < 1.29 is 9.13 Å². The van der Waals surface area contributed by atoms with Crippen molar-refractivity contribution in [3.05, 3.63) is 57.4 Å². The van der Waals surface area contributed by atoms with Gasteiger partial charge in [0.2, 0.25) is 0 Å². The van der Waals surface area contributed by atoms with E-state index in [0.29, 0.717) is 5.75 Å². The molecule has 0 aliphatic rings. The van der Waals surface area contributed by atoms with Crippen LogP contribution in [0, 0.1) is 20.7 Å². The third kappa shape index (κ3) is 2.74. The van der Waals surface area contributed by atoms with Gasteiger partial charge in [0.1, 0.15) is 28.9 Å². The summed E-state index contributed by atoms with van der Waals surface area (Å²) in [7, 11) is 0. The lowest BCUT2D eigenvalue weighted by atomic mass is 10.2. The highest BCUT2D eigenvalue weighted by Crippen LogP contribution is 2.26. The zero-order chi connectivity index (χ0) is 12.3. The zero-order valence-electron chi connectivity index (χ0n) is 8.65. The first-order chi connectivity index (χ1) is 8.20. The number of nitriles is 1. The molecule has 2 aromatic rings. The van der Waals surface area contributed by atoms with Gasteiger partial charge >= 0.3 is 0 Å². The minimum Gasteiger partial charge on any atom is -0.456 e. The number of benzene rings is 2. The van der Waals surface area contributed by atoms with E-state index < -0.39 is 5.82 Å². The predicted molar refractivity (Wildman–Crippen MR) is 70.3 cm³/mol. The Morgan fingerprint density at radius 2 is 1.82 bits per heavy atom. The van der Waals surface area contributed by atoms with Crippen LogP contribution in [0.4, 0.5) is 4.39 Å². The number of hydrogen-bond acceptors (Lipinski definition) is 2. The van der Waals surface area contributed by atoms with Crippen LogP contribution in [0.1, 0.15) is 5.56 Å². The summed E-state index contributed by atoms with van der Waals surface area (Å²) in [5.41, 5.74) is -0.0777. The van der Waals surface area contributed by atoms with E-state index in [1.807, 2.05) is 12.1 Å². The van der Waals surface area contributed by atoms with Crippen molar-refractivity contribution >= 4 is 22.6 Å². The SMILES string of the molecule is N#Cc1c(F)cccc1Oc1ccc(I)cc1. The Labute approximate surface area is 112 Å². The lowest BCUT2D eigenvalue weighted by Crippen LogP contribution is -1.91. The van der Waals surface area contributed by atoms with Crippen molar-refractivity contribution in [1.29, 1.82) is 5.26 Å². The van der Waals surface area contributed by atoms with E-state index in [2.05, 4.69) is 22.6 Å². The molecule has 17 heavy (non-hydrogen) atoms. The first kappa shape index (κ1) is 11.9. The molecule has 2 rings (SSSR count). The van der Waals surface area contributed by atoms with Gasteiger partial charge in [0.25, 0.3) is 0 Å². The van der Waals surface area contributed by atoms with Crippen LogP contribution in [0.2, 0.25) is 0 Å². The minimum absolute atomic E-state index is 0.0777.